The fourth-order valence-corrected chi connectivity index (χ4v) is 0.568. The lowest BCUT2D eigenvalue weighted by atomic mass is 10.7. The summed E-state index contributed by atoms with van der Waals surface area (Å²) in [6, 6.07) is 0. The summed E-state index contributed by atoms with van der Waals surface area (Å²) in [6.07, 6.45) is 1.72. The molecule has 0 rings (SSSR count). The second-order valence-corrected chi connectivity index (χ2v) is 2.00. The number of nitrogens with zero attached hydrogens (tertiary/aromatic N) is 1. The summed E-state index contributed by atoms with van der Waals surface area (Å²) >= 11 is 1.27. The maximum absolute atomic E-state index is 9.66. The van der Waals surface area contributed by atoms with Crippen molar-refractivity contribution in [1.29, 1.82) is 5.41 Å². The van der Waals surface area contributed by atoms with E-state index in [1.807, 2.05) is 0 Å². The number of amidine groups is 1. The highest BCUT2D eigenvalue weighted by molar-refractivity contribution is 7.99. The Balaban J connectivity index is 3.49. The molecule has 4 nitrogen and oxygen atoms in total. The van der Waals surface area contributed by atoms with Crippen LogP contribution in [0.4, 0.5) is 0 Å². The third-order valence-corrected chi connectivity index (χ3v) is 1.06. The molecule has 0 amide bonds. The quantitative estimate of drug-likeness (QED) is 0.260. The average molecular weight is 134 g/mol. The molecule has 0 unspecified atom stereocenters. The molecule has 0 aromatic carbocycles. The molecule has 0 aliphatic carbocycles. The van der Waals surface area contributed by atoms with Gasteiger partial charge >= 0.3 is 5.84 Å². The Bertz CT molecular complexity index is 114. The van der Waals surface area contributed by atoms with Crippen LogP contribution in [-0.4, -0.2) is 22.8 Å². The van der Waals surface area contributed by atoms with Gasteiger partial charge < -0.3 is 10.1 Å². The molecular weight excluding hydrogens is 128 g/mol. The van der Waals surface area contributed by atoms with E-state index in [-0.39, 0.29) is 5.75 Å². The van der Waals surface area contributed by atoms with E-state index < -0.39 is 10.8 Å². The van der Waals surface area contributed by atoms with E-state index in [0.717, 1.165) is 0 Å². The summed E-state index contributed by atoms with van der Waals surface area (Å²) in [6.45, 7) is 0. The highest BCUT2D eigenvalue weighted by Crippen LogP contribution is 1.91. The van der Waals surface area contributed by atoms with Crippen LogP contribution in [0.3, 0.4) is 0 Å². The third-order valence-electron chi connectivity index (χ3n) is 0.501. The summed E-state index contributed by atoms with van der Waals surface area (Å²) in [7, 11) is 0. The van der Waals surface area contributed by atoms with Gasteiger partial charge in [-0.15, -0.1) is 0 Å². The summed E-state index contributed by atoms with van der Waals surface area (Å²) in [4.78, 5) is 8.97. The van der Waals surface area contributed by atoms with Gasteiger partial charge in [0.15, 0.2) is 0 Å². The lowest BCUT2D eigenvalue weighted by Gasteiger charge is -1.90. The van der Waals surface area contributed by atoms with Gasteiger partial charge in [0.25, 0.3) is 0 Å². The van der Waals surface area contributed by atoms with E-state index in [4.69, 9.17) is 5.41 Å². The summed E-state index contributed by atoms with van der Waals surface area (Å²) in [5, 5.41) is 16.3. The van der Waals surface area contributed by atoms with Crippen LogP contribution in [0, 0.1) is 15.5 Å². The van der Waals surface area contributed by atoms with Crippen LogP contribution >= 0.6 is 11.8 Å². The minimum atomic E-state index is -0.684. The molecule has 0 aromatic heterocycles. The van der Waals surface area contributed by atoms with Crippen LogP contribution in [0.25, 0.3) is 0 Å². The predicted molar refractivity (Wildman–Crippen MR) is 33.1 cm³/mol. The van der Waals surface area contributed by atoms with Crippen molar-refractivity contribution in [3.8, 4) is 0 Å². The Labute approximate surface area is 50.9 Å². The number of thioether (sulfide) groups is 1. The van der Waals surface area contributed by atoms with Crippen LogP contribution in [0.5, 0.6) is 0 Å². The summed E-state index contributed by atoms with van der Waals surface area (Å²) in [5.74, 6) is -0.245. The molecular formula is C3H6N2O2S. The smallest absolute Gasteiger partial charge is 0.340 e. The van der Waals surface area contributed by atoms with Crippen LogP contribution in [-0.2, 0) is 0 Å². The molecule has 0 atom stereocenters. The Morgan fingerprint density at radius 1 is 2.00 bits per heavy atom. The van der Waals surface area contributed by atoms with E-state index in [0.29, 0.717) is 0 Å². The maximum Gasteiger partial charge on any atom is 0.340 e. The molecule has 0 aromatic rings. The van der Waals surface area contributed by atoms with Gasteiger partial charge in [-0.1, -0.05) is 5.41 Å². The standard InChI is InChI=1S/C3H6N2O2S/c1-8-2-3(4)5(6)7/h4H,2H2,1H3. The second-order valence-electron chi connectivity index (χ2n) is 1.14. The monoisotopic (exact) mass is 134 g/mol. The van der Waals surface area contributed by atoms with Crippen LogP contribution < -0.4 is 0 Å². The molecule has 0 aliphatic rings. The van der Waals surface area contributed by atoms with Gasteiger partial charge in [-0.05, 0) is 11.2 Å². The zero-order chi connectivity index (χ0) is 6.57. The van der Waals surface area contributed by atoms with Crippen LogP contribution in [0.1, 0.15) is 0 Å². The van der Waals surface area contributed by atoms with Gasteiger partial charge in [0, 0.05) is 0 Å². The fraction of sp³-hybridized carbons (Fsp3) is 0.667. The van der Waals surface area contributed by atoms with Crippen molar-refractivity contribution in [2.45, 2.75) is 0 Å². The zero-order valence-electron chi connectivity index (χ0n) is 4.38. The normalized spacial score (nSPS) is 8.62. The van der Waals surface area contributed by atoms with Crippen LogP contribution in [0.15, 0.2) is 0 Å². The molecule has 0 bridgehead atoms. The molecule has 46 valence electrons. The van der Waals surface area contributed by atoms with Crippen LogP contribution in [0.2, 0.25) is 0 Å². The van der Waals surface area contributed by atoms with Crippen molar-refractivity contribution in [3.05, 3.63) is 10.1 Å². The minimum Gasteiger partial charge on any atom is -0.358 e. The van der Waals surface area contributed by atoms with Gasteiger partial charge in [0.2, 0.25) is 0 Å². The summed E-state index contributed by atoms with van der Waals surface area (Å²) in [5.41, 5.74) is 0. The van der Waals surface area contributed by atoms with E-state index in [1.54, 1.807) is 6.26 Å². The Kier molecular flexibility index (Phi) is 3.18. The first-order chi connectivity index (χ1) is 3.68. The van der Waals surface area contributed by atoms with Gasteiger partial charge in [-0.2, -0.15) is 11.8 Å². The molecule has 8 heavy (non-hydrogen) atoms. The summed E-state index contributed by atoms with van der Waals surface area (Å²) < 4.78 is 0. The van der Waals surface area contributed by atoms with E-state index >= 15 is 0 Å². The molecule has 0 spiro atoms. The number of nitro groups is 1. The third kappa shape index (κ3) is 2.57. The van der Waals surface area contributed by atoms with Crippen molar-refractivity contribution >= 4 is 17.6 Å². The minimum absolute atomic E-state index is 0.188. The van der Waals surface area contributed by atoms with E-state index in [1.165, 1.54) is 11.8 Å². The molecule has 0 fully saturated rings. The Morgan fingerprint density at radius 2 is 2.50 bits per heavy atom. The SMILES string of the molecule is CSCC(=N)[N+](=O)[O-]. The second kappa shape index (κ2) is 3.43. The van der Waals surface area contributed by atoms with E-state index in [9.17, 15) is 10.1 Å². The number of hydrogen-bond donors (Lipinski definition) is 1. The van der Waals surface area contributed by atoms with Gasteiger partial charge in [-0.3, -0.25) is 0 Å². The number of hydrogen-bond acceptors (Lipinski definition) is 4. The van der Waals surface area contributed by atoms with E-state index in [2.05, 4.69) is 0 Å². The first kappa shape index (κ1) is 7.42. The molecule has 0 saturated carbocycles. The van der Waals surface area contributed by atoms with Crippen molar-refractivity contribution in [1.82, 2.24) is 0 Å². The average Bonchev–Trinajstić information content (AvgIpc) is 1.67. The molecule has 0 aliphatic heterocycles. The zero-order valence-corrected chi connectivity index (χ0v) is 5.20. The maximum atomic E-state index is 9.66. The lowest BCUT2D eigenvalue weighted by Crippen LogP contribution is -2.11. The molecule has 0 heterocycles. The van der Waals surface area contributed by atoms with Gasteiger partial charge in [0.05, 0.1) is 0 Å². The Hall–Kier alpha value is -0.580. The predicted octanol–water partition coefficient (Wildman–Crippen LogP) is 0.603. The largest absolute Gasteiger partial charge is 0.358 e. The van der Waals surface area contributed by atoms with Gasteiger partial charge in [-0.25, -0.2) is 0 Å². The van der Waals surface area contributed by atoms with Crippen molar-refractivity contribution in [2.24, 2.45) is 0 Å². The topological polar surface area (TPSA) is 67.0 Å². The lowest BCUT2D eigenvalue weighted by molar-refractivity contribution is -0.352. The first-order valence-corrected chi connectivity index (χ1v) is 3.28. The molecule has 0 saturated heterocycles. The molecule has 0 radical (unpaired) electrons. The van der Waals surface area contributed by atoms with Crippen molar-refractivity contribution in [2.75, 3.05) is 12.0 Å². The highest BCUT2D eigenvalue weighted by Gasteiger charge is 2.03. The molecule has 5 heteroatoms. The molecule has 1 N–H and O–H groups in total. The number of rotatable bonds is 2. The van der Waals surface area contributed by atoms with Gasteiger partial charge in [0.1, 0.15) is 5.75 Å². The van der Waals surface area contributed by atoms with Crippen molar-refractivity contribution in [3.63, 3.8) is 0 Å². The number of nitrogens with one attached hydrogen (secondary N) is 1. The fourth-order valence-electron chi connectivity index (χ4n) is 0.189. The Morgan fingerprint density at radius 3 is 2.62 bits per heavy atom. The highest BCUT2D eigenvalue weighted by atomic mass is 32.2. The van der Waals surface area contributed by atoms with Crippen molar-refractivity contribution < 1.29 is 4.92 Å². The first-order valence-electron chi connectivity index (χ1n) is 1.89.